The first-order valence-corrected chi connectivity index (χ1v) is 10.2. The first-order valence-electron chi connectivity index (χ1n) is 8.30. The molecule has 27 heavy (non-hydrogen) atoms. The molecule has 0 spiro atoms. The zero-order chi connectivity index (χ0) is 18.6. The van der Waals surface area contributed by atoms with Gasteiger partial charge in [0.05, 0.1) is 18.5 Å². The molecule has 0 atom stereocenters. The van der Waals surface area contributed by atoms with Crippen LogP contribution in [-0.2, 0) is 5.75 Å². The predicted octanol–water partition coefficient (Wildman–Crippen LogP) is 4.40. The number of thiazole rings is 1. The van der Waals surface area contributed by atoms with Gasteiger partial charge in [-0.2, -0.15) is 4.68 Å². The number of tetrazole rings is 1. The molecule has 0 bridgehead atoms. The minimum absolute atomic E-state index is 0.707. The molecule has 0 saturated heterocycles. The van der Waals surface area contributed by atoms with Crippen LogP contribution < -0.4 is 4.74 Å². The van der Waals surface area contributed by atoms with Gasteiger partial charge in [0.15, 0.2) is 0 Å². The van der Waals surface area contributed by atoms with E-state index in [1.807, 2.05) is 48.5 Å². The van der Waals surface area contributed by atoms with Crippen LogP contribution >= 0.6 is 23.1 Å². The number of aryl methyl sites for hydroxylation is 1. The lowest BCUT2D eigenvalue weighted by atomic mass is 10.2. The Labute approximate surface area is 165 Å². The minimum Gasteiger partial charge on any atom is -0.497 e. The SMILES string of the molecule is COc1ccc(-c2nc(CSc3nnnn3-c3ccc(C)cc3)cs2)cc1. The third-order valence-electron chi connectivity index (χ3n) is 3.96. The maximum absolute atomic E-state index is 5.20. The molecular formula is C19H17N5OS2. The molecule has 8 heteroatoms. The van der Waals surface area contributed by atoms with E-state index in [0.717, 1.165) is 32.9 Å². The normalized spacial score (nSPS) is 10.9. The lowest BCUT2D eigenvalue weighted by molar-refractivity contribution is 0.415. The summed E-state index contributed by atoms with van der Waals surface area (Å²) in [4.78, 5) is 4.73. The van der Waals surface area contributed by atoms with Gasteiger partial charge in [0.25, 0.3) is 0 Å². The molecular weight excluding hydrogens is 378 g/mol. The summed E-state index contributed by atoms with van der Waals surface area (Å²) in [6, 6.07) is 16.1. The fourth-order valence-corrected chi connectivity index (χ4v) is 4.21. The van der Waals surface area contributed by atoms with Gasteiger partial charge in [-0.15, -0.1) is 16.4 Å². The Morgan fingerprint density at radius 1 is 1.07 bits per heavy atom. The highest BCUT2D eigenvalue weighted by atomic mass is 32.2. The molecule has 4 aromatic rings. The van der Waals surface area contributed by atoms with Crippen molar-refractivity contribution in [2.45, 2.75) is 17.8 Å². The van der Waals surface area contributed by atoms with Gasteiger partial charge in [-0.05, 0) is 53.7 Å². The zero-order valence-electron chi connectivity index (χ0n) is 14.9. The molecule has 4 rings (SSSR count). The molecule has 0 amide bonds. The molecule has 0 aliphatic carbocycles. The Bertz CT molecular complexity index is 1020. The summed E-state index contributed by atoms with van der Waals surface area (Å²) in [6.45, 7) is 2.06. The summed E-state index contributed by atoms with van der Waals surface area (Å²) < 4.78 is 6.95. The minimum atomic E-state index is 0.707. The quantitative estimate of drug-likeness (QED) is 0.451. The van der Waals surface area contributed by atoms with Crippen LogP contribution in [0.4, 0.5) is 0 Å². The van der Waals surface area contributed by atoms with Crippen LogP contribution in [0.1, 0.15) is 11.3 Å². The van der Waals surface area contributed by atoms with Crippen LogP contribution in [0.5, 0.6) is 5.75 Å². The first-order chi connectivity index (χ1) is 13.2. The number of thioether (sulfide) groups is 1. The van der Waals surface area contributed by atoms with Crippen LogP contribution in [-0.4, -0.2) is 32.3 Å². The highest BCUT2D eigenvalue weighted by Crippen LogP contribution is 2.28. The fourth-order valence-electron chi connectivity index (χ4n) is 2.49. The molecule has 0 unspecified atom stereocenters. The lowest BCUT2D eigenvalue weighted by Crippen LogP contribution is -1.99. The molecule has 0 N–H and O–H groups in total. The second kappa shape index (κ2) is 7.89. The van der Waals surface area contributed by atoms with E-state index in [0.29, 0.717) is 5.75 Å². The van der Waals surface area contributed by atoms with Gasteiger partial charge in [-0.1, -0.05) is 29.5 Å². The number of aromatic nitrogens is 5. The number of hydrogen-bond acceptors (Lipinski definition) is 7. The van der Waals surface area contributed by atoms with Gasteiger partial charge >= 0.3 is 0 Å². The van der Waals surface area contributed by atoms with Gasteiger partial charge in [-0.25, -0.2) is 4.98 Å². The van der Waals surface area contributed by atoms with Crippen LogP contribution in [0.3, 0.4) is 0 Å². The monoisotopic (exact) mass is 395 g/mol. The Kier molecular flexibility index (Phi) is 5.17. The number of ether oxygens (including phenoxy) is 1. The van der Waals surface area contributed by atoms with Crippen molar-refractivity contribution in [3.8, 4) is 22.0 Å². The van der Waals surface area contributed by atoms with Crippen molar-refractivity contribution >= 4 is 23.1 Å². The van der Waals surface area contributed by atoms with E-state index in [4.69, 9.17) is 9.72 Å². The van der Waals surface area contributed by atoms with Crippen LogP contribution in [0.15, 0.2) is 59.1 Å². The number of nitrogens with zero attached hydrogens (tertiary/aromatic N) is 5. The van der Waals surface area contributed by atoms with E-state index in [2.05, 4.69) is 27.8 Å². The van der Waals surface area contributed by atoms with Gasteiger partial charge < -0.3 is 4.74 Å². The highest BCUT2D eigenvalue weighted by molar-refractivity contribution is 7.98. The largest absolute Gasteiger partial charge is 0.497 e. The summed E-state index contributed by atoms with van der Waals surface area (Å²) in [7, 11) is 1.66. The molecule has 0 fully saturated rings. The molecule has 0 radical (unpaired) electrons. The maximum Gasteiger partial charge on any atom is 0.214 e. The third-order valence-corrected chi connectivity index (χ3v) is 5.85. The standard InChI is InChI=1S/C19H17N5OS2/c1-13-3-7-16(8-4-13)24-19(21-22-23-24)27-12-15-11-26-18(20-15)14-5-9-17(25-2)10-6-14/h3-11H,12H2,1-2H3. The Hall–Kier alpha value is -2.71. The van der Waals surface area contributed by atoms with Crippen LogP contribution in [0, 0.1) is 6.92 Å². The maximum atomic E-state index is 5.20. The van der Waals surface area contributed by atoms with Crippen molar-refractivity contribution < 1.29 is 4.74 Å². The summed E-state index contributed by atoms with van der Waals surface area (Å²) in [5.74, 6) is 1.55. The molecule has 2 aromatic heterocycles. The topological polar surface area (TPSA) is 65.7 Å². The summed E-state index contributed by atoms with van der Waals surface area (Å²) in [5.41, 5.74) is 4.25. The summed E-state index contributed by atoms with van der Waals surface area (Å²) >= 11 is 3.20. The smallest absolute Gasteiger partial charge is 0.214 e. The highest BCUT2D eigenvalue weighted by Gasteiger charge is 2.11. The zero-order valence-corrected chi connectivity index (χ0v) is 16.5. The number of rotatable bonds is 6. The van der Waals surface area contributed by atoms with Crippen LogP contribution in [0.25, 0.3) is 16.3 Å². The van der Waals surface area contributed by atoms with Gasteiger partial charge in [-0.3, -0.25) is 0 Å². The van der Waals surface area contributed by atoms with Crippen molar-refractivity contribution in [2.75, 3.05) is 7.11 Å². The van der Waals surface area contributed by atoms with E-state index in [9.17, 15) is 0 Å². The second-order valence-electron chi connectivity index (χ2n) is 5.87. The average molecular weight is 396 g/mol. The Morgan fingerprint density at radius 3 is 2.59 bits per heavy atom. The molecule has 2 heterocycles. The van der Waals surface area contributed by atoms with E-state index >= 15 is 0 Å². The summed E-state index contributed by atoms with van der Waals surface area (Å²) in [5, 5.41) is 15.9. The average Bonchev–Trinajstić information content (AvgIpc) is 3.36. The Morgan fingerprint density at radius 2 is 1.85 bits per heavy atom. The molecule has 0 aliphatic heterocycles. The van der Waals surface area contributed by atoms with Gasteiger partial charge in [0, 0.05) is 16.7 Å². The Balaban J connectivity index is 1.46. The second-order valence-corrected chi connectivity index (χ2v) is 7.67. The van der Waals surface area contributed by atoms with E-state index in [-0.39, 0.29) is 0 Å². The lowest BCUT2D eigenvalue weighted by Gasteiger charge is -2.04. The van der Waals surface area contributed by atoms with Gasteiger partial charge in [0.1, 0.15) is 10.8 Å². The number of methoxy groups -OCH3 is 1. The third kappa shape index (κ3) is 4.01. The summed E-state index contributed by atoms with van der Waals surface area (Å²) in [6.07, 6.45) is 0. The molecule has 136 valence electrons. The molecule has 0 aliphatic rings. The molecule has 6 nitrogen and oxygen atoms in total. The molecule has 0 saturated carbocycles. The van der Waals surface area contributed by atoms with Crippen molar-refractivity contribution in [1.29, 1.82) is 0 Å². The van der Waals surface area contributed by atoms with Gasteiger partial charge in [0.2, 0.25) is 5.16 Å². The van der Waals surface area contributed by atoms with E-state index < -0.39 is 0 Å². The van der Waals surface area contributed by atoms with Crippen molar-refractivity contribution in [2.24, 2.45) is 0 Å². The van der Waals surface area contributed by atoms with E-state index in [1.54, 1.807) is 34.9 Å². The molecule has 2 aromatic carbocycles. The number of hydrogen-bond donors (Lipinski definition) is 0. The van der Waals surface area contributed by atoms with Crippen molar-refractivity contribution in [1.82, 2.24) is 25.2 Å². The van der Waals surface area contributed by atoms with E-state index in [1.165, 1.54) is 5.56 Å². The number of benzene rings is 2. The predicted molar refractivity (Wildman–Crippen MR) is 108 cm³/mol. The van der Waals surface area contributed by atoms with Crippen LogP contribution in [0.2, 0.25) is 0 Å². The van der Waals surface area contributed by atoms with Crippen molar-refractivity contribution in [3.63, 3.8) is 0 Å². The first kappa shape index (κ1) is 17.7. The van der Waals surface area contributed by atoms with Crippen molar-refractivity contribution in [3.05, 3.63) is 65.2 Å². The fraction of sp³-hybridized carbons (Fsp3) is 0.158.